The van der Waals surface area contributed by atoms with Crippen molar-refractivity contribution in [2.75, 3.05) is 13.7 Å². The maximum absolute atomic E-state index is 5.44. The van der Waals surface area contributed by atoms with E-state index in [0.717, 1.165) is 47.0 Å². The number of hydrogen-bond donors (Lipinski definition) is 0. The van der Waals surface area contributed by atoms with E-state index in [0.29, 0.717) is 6.61 Å². The summed E-state index contributed by atoms with van der Waals surface area (Å²) in [7, 11) is 1.55. The first kappa shape index (κ1) is 20.6. The summed E-state index contributed by atoms with van der Waals surface area (Å²) in [6, 6.07) is 11.8. The van der Waals surface area contributed by atoms with Gasteiger partial charge in [-0.05, 0) is 51.0 Å². The lowest BCUT2D eigenvalue weighted by molar-refractivity contribution is 0.141. The van der Waals surface area contributed by atoms with E-state index >= 15 is 0 Å². The van der Waals surface area contributed by atoms with Crippen molar-refractivity contribution in [3.63, 3.8) is 0 Å². The van der Waals surface area contributed by atoms with E-state index in [1.165, 1.54) is 0 Å². The van der Waals surface area contributed by atoms with Gasteiger partial charge in [-0.1, -0.05) is 36.3 Å². The average Bonchev–Trinajstić information content (AvgIpc) is 2.65. The normalized spacial score (nSPS) is 12.4. The molecule has 2 aromatic rings. The zero-order chi connectivity index (χ0) is 19.6. The zero-order valence-corrected chi connectivity index (χ0v) is 16.8. The third kappa shape index (κ3) is 6.47. The first-order valence-corrected chi connectivity index (χ1v) is 9.19. The van der Waals surface area contributed by atoms with Gasteiger partial charge in [0.25, 0.3) is 0 Å². The predicted molar refractivity (Wildman–Crippen MR) is 108 cm³/mol. The summed E-state index contributed by atoms with van der Waals surface area (Å²) in [5.74, 6) is 0.239. The van der Waals surface area contributed by atoms with Gasteiger partial charge in [0.15, 0.2) is 0 Å². The van der Waals surface area contributed by atoms with Crippen LogP contribution in [-0.2, 0) is 16.1 Å². The molecule has 0 atom stereocenters. The van der Waals surface area contributed by atoms with Crippen molar-refractivity contribution in [3.8, 4) is 0 Å². The van der Waals surface area contributed by atoms with Gasteiger partial charge in [0.1, 0.15) is 25.1 Å². The van der Waals surface area contributed by atoms with Crippen molar-refractivity contribution in [1.82, 2.24) is 9.97 Å². The van der Waals surface area contributed by atoms with Crippen LogP contribution in [0.25, 0.3) is 0 Å². The minimum atomic E-state index is 0.239. The van der Waals surface area contributed by atoms with Crippen LogP contribution in [0.15, 0.2) is 46.7 Å². The van der Waals surface area contributed by atoms with E-state index in [4.69, 9.17) is 14.7 Å². The quantitative estimate of drug-likeness (QED) is 0.378. The van der Waals surface area contributed by atoms with Gasteiger partial charge >= 0.3 is 0 Å². The number of hydrogen-bond acceptors (Lipinski definition) is 6. The number of nitrogens with zero attached hydrogens (tertiary/aromatic N) is 4. The van der Waals surface area contributed by atoms with Crippen LogP contribution in [0.4, 0.5) is 0 Å². The average molecular weight is 368 g/mol. The van der Waals surface area contributed by atoms with E-state index in [-0.39, 0.29) is 5.92 Å². The van der Waals surface area contributed by atoms with Crippen molar-refractivity contribution in [2.45, 2.75) is 40.5 Å². The van der Waals surface area contributed by atoms with Gasteiger partial charge in [0.2, 0.25) is 0 Å². The van der Waals surface area contributed by atoms with Crippen LogP contribution in [-0.4, -0.2) is 35.1 Å². The fourth-order valence-corrected chi connectivity index (χ4v) is 2.56. The predicted octanol–water partition coefficient (Wildman–Crippen LogP) is 4.16. The summed E-state index contributed by atoms with van der Waals surface area (Å²) in [6.07, 6.45) is 1.64. The molecule has 144 valence electrons. The Morgan fingerprint density at radius 1 is 1.04 bits per heavy atom. The summed E-state index contributed by atoms with van der Waals surface area (Å²) in [6.45, 7) is 8.53. The SMILES string of the molecule is CO/N=C(\c1cccc(CCCO/N=C(\C)c2cccc(C)n2)n1)C(C)C. The molecule has 0 saturated carbocycles. The lowest BCUT2D eigenvalue weighted by atomic mass is 10.0. The number of pyridine rings is 2. The largest absolute Gasteiger partial charge is 0.399 e. The molecule has 2 aromatic heterocycles. The van der Waals surface area contributed by atoms with Gasteiger partial charge in [-0.3, -0.25) is 9.97 Å². The van der Waals surface area contributed by atoms with Crippen molar-refractivity contribution in [3.05, 3.63) is 59.2 Å². The van der Waals surface area contributed by atoms with Crippen molar-refractivity contribution in [1.29, 1.82) is 0 Å². The Labute approximate surface area is 161 Å². The second-order valence-corrected chi connectivity index (χ2v) is 6.61. The molecule has 27 heavy (non-hydrogen) atoms. The molecule has 0 bridgehead atoms. The Morgan fingerprint density at radius 2 is 1.78 bits per heavy atom. The molecule has 0 unspecified atom stereocenters. The van der Waals surface area contributed by atoms with E-state index in [2.05, 4.69) is 29.1 Å². The number of oxime groups is 2. The van der Waals surface area contributed by atoms with Gasteiger partial charge in [-0.2, -0.15) is 0 Å². The Morgan fingerprint density at radius 3 is 2.48 bits per heavy atom. The van der Waals surface area contributed by atoms with Crippen LogP contribution < -0.4 is 0 Å². The van der Waals surface area contributed by atoms with E-state index in [1.807, 2.05) is 50.2 Å². The number of aromatic nitrogens is 2. The van der Waals surface area contributed by atoms with E-state index < -0.39 is 0 Å². The second kappa shape index (κ2) is 10.4. The highest BCUT2D eigenvalue weighted by Gasteiger charge is 2.11. The summed E-state index contributed by atoms with van der Waals surface area (Å²) in [5.41, 5.74) is 5.28. The molecule has 0 spiro atoms. The first-order valence-electron chi connectivity index (χ1n) is 9.19. The van der Waals surface area contributed by atoms with Crippen LogP contribution in [0.5, 0.6) is 0 Å². The molecular formula is C21H28N4O2. The van der Waals surface area contributed by atoms with Crippen LogP contribution in [0.1, 0.15) is 50.0 Å². The molecule has 0 aromatic carbocycles. The highest BCUT2D eigenvalue weighted by molar-refractivity contribution is 5.99. The molecule has 6 heteroatoms. The molecule has 6 nitrogen and oxygen atoms in total. The van der Waals surface area contributed by atoms with Crippen LogP contribution in [0.3, 0.4) is 0 Å². The third-order valence-corrected chi connectivity index (χ3v) is 3.93. The highest BCUT2D eigenvalue weighted by atomic mass is 16.6. The van der Waals surface area contributed by atoms with E-state index in [9.17, 15) is 0 Å². The smallest absolute Gasteiger partial charge is 0.117 e. The molecule has 0 amide bonds. The molecule has 0 saturated heterocycles. The topological polar surface area (TPSA) is 69.0 Å². The van der Waals surface area contributed by atoms with Gasteiger partial charge < -0.3 is 9.68 Å². The lowest BCUT2D eigenvalue weighted by Crippen LogP contribution is -2.13. The molecule has 0 aliphatic rings. The maximum Gasteiger partial charge on any atom is 0.117 e. The van der Waals surface area contributed by atoms with Gasteiger partial charge in [-0.15, -0.1) is 0 Å². The lowest BCUT2D eigenvalue weighted by Gasteiger charge is -2.10. The number of rotatable bonds is 9. The van der Waals surface area contributed by atoms with Crippen molar-refractivity contribution in [2.24, 2.45) is 16.2 Å². The van der Waals surface area contributed by atoms with Gasteiger partial charge in [0, 0.05) is 17.3 Å². The molecule has 0 N–H and O–H groups in total. The Balaban J connectivity index is 1.88. The fourth-order valence-electron chi connectivity index (χ4n) is 2.56. The standard InChI is InChI=1S/C21H28N4O2/c1-15(2)21(25-26-5)20-13-7-10-18(23-20)11-8-14-27-24-17(4)19-12-6-9-16(3)22-19/h6-7,9-10,12-13,15H,8,11,14H2,1-5H3/b24-17+,25-21-. The monoisotopic (exact) mass is 368 g/mol. The fraction of sp³-hybridized carbons (Fsp3) is 0.429. The Hall–Kier alpha value is -2.76. The maximum atomic E-state index is 5.44. The molecule has 2 heterocycles. The summed E-state index contributed by atoms with van der Waals surface area (Å²) >= 11 is 0. The molecule has 0 aliphatic heterocycles. The minimum absolute atomic E-state index is 0.239. The Kier molecular flexibility index (Phi) is 7.92. The Bertz CT molecular complexity index is 800. The van der Waals surface area contributed by atoms with Gasteiger partial charge in [-0.25, -0.2) is 0 Å². The first-order chi connectivity index (χ1) is 13.0. The summed E-state index contributed by atoms with van der Waals surface area (Å²) in [4.78, 5) is 19.5. The van der Waals surface area contributed by atoms with Crippen molar-refractivity contribution >= 4 is 11.4 Å². The zero-order valence-electron chi connectivity index (χ0n) is 16.8. The highest BCUT2D eigenvalue weighted by Crippen LogP contribution is 2.10. The van der Waals surface area contributed by atoms with Crippen LogP contribution in [0.2, 0.25) is 0 Å². The van der Waals surface area contributed by atoms with Crippen LogP contribution in [0, 0.1) is 12.8 Å². The molecule has 0 radical (unpaired) electrons. The molecular weight excluding hydrogens is 340 g/mol. The third-order valence-electron chi connectivity index (χ3n) is 3.93. The molecule has 0 fully saturated rings. The van der Waals surface area contributed by atoms with E-state index in [1.54, 1.807) is 7.11 Å². The summed E-state index contributed by atoms with van der Waals surface area (Å²) < 4.78 is 0. The van der Waals surface area contributed by atoms with Gasteiger partial charge in [0.05, 0.1) is 11.4 Å². The molecule has 0 aliphatic carbocycles. The van der Waals surface area contributed by atoms with Crippen LogP contribution >= 0.6 is 0 Å². The summed E-state index contributed by atoms with van der Waals surface area (Å²) in [5, 5.41) is 8.26. The minimum Gasteiger partial charge on any atom is -0.399 e. The van der Waals surface area contributed by atoms with Crippen molar-refractivity contribution < 1.29 is 9.68 Å². The second-order valence-electron chi connectivity index (χ2n) is 6.61. The number of aryl methyl sites for hydroxylation is 2. The molecule has 2 rings (SSSR count).